The van der Waals surface area contributed by atoms with Gasteiger partial charge in [0.2, 0.25) is 0 Å². The third kappa shape index (κ3) is 2.86. The van der Waals surface area contributed by atoms with Crippen molar-refractivity contribution in [1.82, 2.24) is 0 Å². The highest BCUT2D eigenvalue weighted by Gasteiger charge is 2.22. The number of rotatable bonds is 2. The summed E-state index contributed by atoms with van der Waals surface area (Å²) in [5.74, 6) is 0.903. The van der Waals surface area contributed by atoms with E-state index in [1.54, 1.807) is 7.11 Å². The minimum Gasteiger partial charge on any atom is -0.497 e. The molecule has 0 amide bonds. The van der Waals surface area contributed by atoms with Crippen molar-refractivity contribution >= 4 is 23.5 Å². The predicted molar refractivity (Wildman–Crippen MR) is 85.1 cm³/mol. The molecule has 0 N–H and O–H groups in total. The van der Waals surface area contributed by atoms with E-state index in [4.69, 9.17) is 16.3 Å². The second kappa shape index (κ2) is 5.74. The number of ether oxygens (including phenoxy) is 1. The molecule has 0 fully saturated rings. The maximum absolute atomic E-state index is 12.6. The maximum Gasteiger partial charge on any atom is 0.189 e. The first-order chi connectivity index (χ1) is 10.2. The van der Waals surface area contributed by atoms with Crippen LogP contribution >= 0.6 is 11.6 Å². The summed E-state index contributed by atoms with van der Waals surface area (Å²) in [6, 6.07) is 13.2. The largest absolute Gasteiger partial charge is 0.497 e. The summed E-state index contributed by atoms with van der Waals surface area (Å²) in [5, 5.41) is 0.699. The van der Waals surface area contributed by atoms with E-state index in [0.29, 0.717) is 5.02 Å². The Balaban J connectivity index is 1.93. The van der Waals surface area contributed by atoms with E-state index >= 15 is 0 Å². The number of benzene rings is 2. The smallest absolute Gasteiger partial charge is 0.189 e. The summed E-state index contributed by atoms with van der Waals surface area (Å²) in [7, 11) is 1.64. The number of methoxy groups -OCH3 is 1. The van der Waals surface area contributed by atoms with Crippen LogP contribution in [0.2, 0.25) is 5.02 Å². The quantitative estimate of drug-likeness (QED) is 0.760. The first kappa shape index (κ1) is 13.9. The third-order valence-electron chi connectivity index (χ3n) is 3.72. The first-order valence-corrected chi connectivity index (χ1v) is 7.23. The van der Waals surface area contributed by atoms with Gasteiger partial charge in [-0.15, -0.1) is 0 Å². The molecule has 2 aromatic rings. The van der Waals surface area contributed by atoms with Gasteiger partial charge in [-0.1, -0.05) is 23.7 Å². The van der Waals surface area contributed by atoms with Gasteiger partial charge in [0.15, 0.2) is 5.78 Å². The molecule has 3 heteroatoms. The Labute approximate surface area is 129 Å². The molecule has 0 atom stereocenters. The summed E-state index contributed by atoms with van der Waals surface area (Å²) >= 11 is 5.88. The molecule has 21 heavy (non-hydrogen) atoms. The minimum absolute atomic E-state index is 0.105. The Bertz CT molecular complexity index is 714. The normalized spacial score (nSPS) is 15.9. The van der Waals surface area contributed by atoms with E-state index in [-0.39, 0.29) is 5.78 Å². The standard InChI is InChI=1S/C18H15ClO2/c1-21-16-8-9-17-13(11-16)4-5-14(18(17)20)10-12-2-6-15(19)7-3-12/h2-3,6-11H,4-5H2,1H3/b14-10-. The van der Waals surface area contributed by atoms with Gasteiger partial charge in [0, 0.05) is 16.2 Å². The average Bonchev–Trinajstić information content (AvgIpc) is 2.52. The number of hydrogen-bond donors (Lipinski definition) is 0. The molecule has 0 radical (unpaired) electrons. The lowest BCUT2D eigenvalue weighted by molar-refractivity contribution is 0.102. The van der Waals surface area contributed by atoms with Crippen LogP contribution in [-0.2, 0) is 6.42 Å². The van der Waals surface area contributed by atoms with E-state index < -0.39 is 0 Å². The van der Waals surface area contributed by atoms with Gasteiger partial charge in [-0.25, -0.2) is 0 Å². The van der Waals surface area contributed by atoms with Gasteiger partial charge in [-0.2, -0.15) is 0 Å². The summed E-state index contributed by atoms with van der Waals surface area (Å²) in [5.41, 5.74) is 3.68. The van der Waals surface area contributed by atoms with Crippen LogP contribution in [0.5, 0.6) is 5.75 Å². The van der Waals surface area contributed by atoms with E-state index in [2.05, 4.69) is 0 Å². The van der Waals surface area contributed by atoms with Crippen molar-refractivity contribution in [2.75, 3.05) is 7.11 Å². The molecule has 3 rings (SSSR count). The van der Waals surface area contributed by atoms with Gasteiger partial charge in [-0.05, 0) is 60.4 Å². The fourth-order valence-corrected chi connectivity index (χ4v) is 2.71. The number of hydrogen-bond acceptors (Lipinski definition) is 2. The van der Waals surface area contributed by atoms with Gasteiger partial charge in [0.05, 0.1) is 7.11 Å². The number of carbonyl (C=O) groups is 1. The second-order valence-electron chi connectivity index (χ2n) is 5.07. The molecule has 0 spiro atoms. The highest BCUT2D eigenvalue weighted by atomic mass is 35.5. The minimum atomic E-state index is 0.105. The van der Waals surface area contributed by atoms with Gasteiger partial charge in [0.1, 0.15) is 5.75 Å². The van der Waals surface area contributed by atoms with Crippen LogP contribution in [0.25, 0.3) is 6.08 Å². The lowest BCUT2D eigenvalue weighted by Crippen LogP contribution is -2.14. The number of aryl methyl sites for hydroxylation is 1. The van der Waals surface area contributed by atoms with Crippen LogP contribution in [0.1, 0.15) is 27.9 Å². The highest BCUT2D eigenvalue weighted by Crippen LogP contribution is 2.29. The molecule has 0 bridgehead atoms. The number of halogens is 1. The lowest BCUT2D eigenvalue weighted by atomic mass is 9.86. The van der Waals surface area contributed by atoms with Gasteiger partial charge in [0.25, 0.3) is 0 Å². The molecule has 0 unspecified atom stereocenters. The van der Waals surface area contributed by atoms with Crippen molar-refractivity contribution in [3.8, 4) is 5.75 Å². The van der Waals surface area contributed by atoms with Crippen LogP contribution in [0, 0.1) is 0 Å². The van der Waals surface area contributed by atoms with Gasteiger partial charge < -0.3 is 4.74 Å². The first-order valence-electron chi connectivity index (χ1n) is 6.85. The van der Waals surface area contributed by atoms with Crippen LogP contribution < -0.4 is 4.74 Å². The van der Waals surface area contributed by atoms with Crippen molar-refractivity contribution in [3.05, 3.63) is 69.8 Å². The fraction of sp³-hybridized carbons (Fsp3) is 0.167. The Morgan fingerprint density at radius 3 is 2.57 bits per heavy atom. The second-order valence-corrected chi connectivity index (χ2v) is 5.51. The molecular weight excluding hydrogens is 284 g/mol. The number of allylic oxidation sites excluding steroid dienone is 1. The molecular formula is C18H15ClO2. The monoisotopic (exact) mass is 298 g/mol. The van der Waals surface area contributed by atoms with Crippen molar-refractivity contribution in [2.24, 2.45) is 0 Å². The van der Waals surface area contributed by atoms with Crippen LogP contribution in [-0.4, -0.2) is 12.9 Å². The van der Waals surface area contributed by atoms with Crippen molar-refractivity contribution in [3.63, 3.8) is 0 Å². The molecule has 0 saturated heterocycles. The number of carbonyl (C=O) groups excluding carboxylic acids is 1. The molecule has 0 aliphatic heterocycles. The Morgan fingerprint density at radius 2 is 1.86 bits per heavy atom. The summed E-state index contributed by atoms with van der Waals surface area (Å²) < 4.78 is 5.21. The molecule has 2 aromatic carbocycles. The Kier molecular flexibility index (Phi) is 3.80. The zero-order valence-electron chi connectivity index (χ0n) is 11.7. The van der Waals surface area contributed by atoms with E-state index in [1.165, 1.54) is 0 Å². The average molecular weight is 299 g/mol. The molecule has 106 valence electrons. The third-order valence-corrected chi connectivity index (χ3v) is 3.98. The number of Topliss-reactive ketones (excluding diaryl/α,β-unsaturated/α-hetero) is 1. The van der Waals surface area contributed by atoms with Gasteiger partial charge in [-0.3, -0.25) is 4.79 Å². The van der Waals surface area contributed by atoms with Crippen molar-refractivity contribution in [1.29, 1.82) is 0 Å². The SMILES string of the molecule is COc1ccc2c(c1)CC/C(=C/c1ccc(Cl)cc1)C2=O. The molecule has 0 heterocycles. The maximum atomic E-state index is 12.6. The summed E-state index contributed by atoms with van der Waals surface area (Å²) in [6.45, 7) is 0. The van der Waals surface area contributed by atoms with Crippen LogP contribution in [0.4, 0.5) is 0 Å². The van der Waals surface area contributed by atoms with Crippen LogP contribution in [0.15, 0.2) is 48.0 Å². The van der Waals surface area contributed by atoms with Crippen molar-refractivity contribution < 1.29 is 9.53 Å². The Morgan fingerprint density at radius 1 is 1.10 bits per heavy atom. The summed E-state index contributed by atoms with van der Waals surface area (Å²) in [4.78, 5) is 12.6. The zero-order valence-corrected chi connectivity index (χ0v) is 12.5. The van der Waals surface area contributed by atoms with E-state index in [9.17, 15) is 4.79 Å². The molecule has 0 aromatic heterocycles. The molecule has 1 aliphatic carbocycles. The van der Waals surface area contributed by atoms with Crippen LogP contribution in [0.3, 0.4) is 0 Å². The highest BCUT2D eigenvalue weighted by molar-refractivity contribution is 6.30. The molecule has 0 saturated carbocycles. The molecule has 1 aliphatic rings. The Hall–Kier alpha value is -2.06. The fourth-order valence-electron chi connectivity index (χ4n) is 2.58. The number of ketones is 1. The zero-order chi connectivity index (χ0) is 14.8. The summed E-state index contributed by atoms with van der Waals surface area (Å²) in [6.07, 6.45) is 3.56. The predicted octanol–water partition coefficient (Wildman–Crippen LogP) is 4.56. The van der Waals surface area contributed by atoms with Gasteiger partial charge >= 0.3 is 0 Å². The topological polar surface area (TPSA) is 26.3 Å². The van der Waals surface area contributed by atoms with E-state index in [1.807, 2.05) is 48.5 Å². The van der Waals surface area contributed by atoms with E-state index in [0.717, 1.165) is 40.9 Å². The van der Waals surface area contributed by atoms with Crippen molar-refractivity contribution in [2.45, 2.75) is 12.8 Å². The lowest BCUT2D eigenvalue weighted by Gasteiger charge is -2.18. The molecule has 2 nitrogen and oxygen atoms in total. The number of fused-ring (bicyclic) bond motifs is 1.